The van der Waals surface area contributed by atoms with Gasteiger partial charge in [-0.15, -0.1) is 11.3 Å². The lowest BCUT2D eigenvalue weighted by Gasteiger charge is -2.13. The third-order valence-corrected chi connectivity index (χ3v) is 4.12. The summed E-state index contributed by atoms with van der Waals surface area (Å²) in [6, 6.07) is 1.90. The summed E-state index contributed by atoms with van der Waals surface area (Å²) in [5.74, 6) is 0.622. The largest absolute Gasteiger partial charge is 0.389 e. The van der Waals surface area contributed by atoms with Crippen LogP contribution in [-0.2, 0) is 6.54 Å². The van der Waals surface area contributed by atoms with Gasteiger partial charge in [0.05, 0.1) is 18.8 Å². The third kappa shape index (κ3) is 2.22. The Balaban J connectivity index is 1.82. The van der Waals surface area contributed by atoms with Gasteiger partial charge in [0.15, 0.2) is 0 Å². The van der Waals surface area contributed by atoms with Crippen LogP contribution in [0.5, 0.6) is 0 Å². The molecule has 2 N–H and O–H groups in total. The molecule has 1 saturated heterocycles. The summed E-state index contributed by atoms with van der Waals surface area (Å²) in [5.41, 5.74) is 0. The molecule has 0 spiro atoms. The van der Waals surface area contributed by atoms with Crippen molar-refractivity contribution in [3.05, 3.63) is 22.4 Å². The lowest BCUT2D eigenvalue weighted by atomic mass is 10.3. The molecule has 0 bridgehead atoms. The molecular weight excluding hydrogens is 274 g/mol. The lowest BCUT2D eigenvalue weighted by molar-refractivity contribution is 0.0572. The number of fused-ring (bicyclic) bond motifs is 1. The molecular formula is C11H12ClN3O2S. The molecule has 2 aromatic rings. The Kier molecular flexibility index (Phi) is 3.21. The maximum atomic E-state index is 9.48. The van der Waals surface area contributed by atoms with E-state index in [-0.39, 0.29) is 0 Å². The fourth-order valence-corrected chi connectivity index (χ4v) is 3.20. The van der Waals surface area contributed by atoms with Gasteiger partial charge >= 0.3 is 0 Å². The summed E-state index contributed by atoms with van der Waals surface area (Å²) in [6.45, 7) is 1.36. The van der Waals surface area contributed by atoms with Crippen LogP contribution in [0.3, 0.4) is 0 Å². The Hall–Kier alpha value is -0.790. The molecule has 1 aliphatic rings. The molecule has 3 heterocycles. The maximum absolute atomic E-state index is 9.48. The fourth-order valence-electron chi connectivity index (χ4n) is 2.11. The number of β-amino-alcohol motifs (C(OH)–C–C–N with tert-alkyl or cyclic N) is 2. The molecule has 0 saturated carbocycles. The first kappa shape index (κ1) is 12.3. The van der Waals surface area contributed by atoms with Gasteiger partial charge in [-0.2, -0.15) is 0 Å². The second kappa shape index (κ2) is 4.71. The zero-order chi connectivity index (χ0) is 12.7. The average Bonchev–Trinajstić information content (AvgIpc) is 2.87. The van der Waals surface area contributed by atoms with Crippen LogP contribution in [0.4, 0.5) is 0 Å². The quantitative estimate of drug-likeness (QED) is 0.802. The molecule has 3 rings (SSSR count). The Morgan fingerprint density at radius 2 is 2.06 bits per heavy atom. The number of nitrogens with zero attached hydrogens (tertiary/aromatic N) is 3. The van der Waals surface area contributed by atoms with Gasteiger partial charge in [0.2, 0.25) is 0 Å². The average molecular weight is 286 g/mol. The summed E-state index contributed by atoms with van der Waals surface area (Å²) < 4.78 is 0. The van der Waals surface area contributed by atoms with Gasteiger partial charge in [-0.3, -0.25) is 4.90 Å². The maximum Gasteiger partial charge on any atom is 0.145 e. The minimum atomic E-state index is -0.689. The normalized spacial score (nSPS) is 25.1. The van der Waals surface area contributed by atoms with Crippen LogP contribution in [0.15, 0.2) is 11.4 Å². The first-order valence-corrected chi connectivity index (χ1v) is 6.87. The van der Waals surface area contributed by atoms with Gasteiger partial charge in [0.1, 0.15) is 15.8 Å². The second-order valence-electron chi connectivity index (χ2n) is 4.40. The highest BCUT2D eigenvalue weighted by Gasteiger charge is 2.29. The molecule has 2 aromatic heterocycles. The van der Waals surface area contributed by atoms with Crippen molar-refractivity contribution < 1.29 is 10.2 Å². The first-order chi connectivity index (χ1) is 8.63. The zero-order valence-corrected chi connectivity index (χ0v) is 11.0. The molecule has 0 aliphatic carbocycles. The van der Waals surface area contributed by atoms with E-state index >= 15 is 0 Å². The Morgan fingerprint density at radius 3 is 2.78 bits per heavy atom. The third-order valence-electron chi connectivity index (χ3n) is 3.02. The second-order valence-corrected chi connectivity index (χ2v) is 5.65. The highest BCUT2D eigenvalue weighted by atomic mass is 35.5. The number of aromatic nitrogens is 2. The van der Waals surface area contributed by atoms with E-state index in [1.54, 1.807) is 0 Å². The minimum absolute atomic E-state index is 0.435. The van der Waals surface area contributed by atoms with Crippen LogP contribution in [0.1, 0.15) is 5.82 Å². The number of rotatable bonds is 2. The summed E-state index contributed by atoms with van der Waals surface area (Å²) >= 11 is 7.61. The highest BCUT2D eigenvalue weighted by molar-refractivity contribution is 7.16. The SMILES string of the molecule is OC1CN(Cc2nc(Cl)c3ccsc3n2)CC1O. The van der Waals surface area contributed by atoms with E-state index in [1.807, 2.05) is 16.3 Å². The molecule has 0 aromatic carbocycles. The van der Waals surface area contributed by atoms with E-state index in [0.717, 1.165) is 10.2 Å². The lowest BCUT2D eigenvalue weighted by Crippen LogP contribution is -2.22. The molecule has 2 atom stereocenters. The van der Waals surface area contributed by atoms with E-state index in [0.29, 0.717) is 30.6 Å². The Morgan fingerprint density at radius 1 is 1.33 bits per heavy atom. The number of hydrogen-bond donors (Lipinski definition) is 2. The summed E-state index contributed by atoms with van der Waals surface area (Å²) in [4.78, 5) is 11.5. The number of thiophene rings is 1. The van der Waals surface area contributed by atoms with Crippen molar-refractivity contribution in [2.45, 2.75) is 18.8 Å². The van der Waals surface area contributed by atoms with Crippen molar-refractivity contribution >= 4 is 33.2 Å². The molecule has 0 amide bonds. The fraction of sp³-hybridized carbons (Fsp3) is 0.455. The first-order valence-electron chi connectivity index (χ1n) is 5.61. The number of aliphatic hydroxyl groups excluding tert-OH is 2. The minimum Gasteiger partial charge on any atom is -0.389 e. The van der Waals surface area contributed by atoms with Crippen LogP contribution in [-0.4, -0.2) is 50.4 Å². The Bertz CT molecular complexity index is 566. The molecule has 1 aliphatic heterocycles. The van der Waals surface area contributed by atoms with Crippen LogP contribution >= 0.6 is 22.9 Å². The molecule has 1 fully saturated rings. The van der Waals surface area contributed by atoms with E-state index in [1.165, 1.54) is 11.3 Å². The van der Waals surface area contributed by atoms with Crippen LogP contribution < -0.4 is 0 Å². The molecule has 0 radical (unpaired) electrons. The number of hydrogen-bond acceptors (Lipinski definition) is 6. The van der Waals surface area contributed by atoms with Gasteiger partial charge in [-0.25, -0.2) is 9.97 Å². The predicted octanol–water partition coefficient (Wildman–Crippen LogP) is 0.882. The van der Waals surface area contributed by atoms with Gasteiger partial charge in [-0.05, 0) is 11.4 Å². The summed E-state index contributed by atoms with van der Waals surface area (Å²) in [5, 5.41) is 22.2. The number of likely N-dealkylation sites (tertiary alicyclic amines) is 1. The van der Waals surface area contributed by atoms with Crippen LogP contribution in [0.25, 0.3) is 10.2 Å². The van der Waals surface area contributed by atoms with E-state index in [2.05, 4.69) is 9.97 Å². The zero-order valence-electron chi connectivity index (χ0n) is 9.45. The number of halogens is 1. The Labute approximate surface area is 113 Å². The number of aliphatic hydroxyl groups is 2. The van der Waals surface area contributed by atoms with Gasteiger partial charge in [0.25, 0.3) is 0 Å². The molecule has 7 heteroatoms. The van der Waals surface area contributed by atoms with E-state index < -0.39 is 12.2 Å². The summed E-state index contributed by atoms with van der Waals surface area (Å²) in [7, 11) is 0. The predicted molar refractivity (Wildman–Crippen MR) is 69.7 cm³/mol. The molecule has 18 heavy (non-hydrogen) atoms. The molecule has 96 valence electrons. The monoisotopic (exact) mass is 285 g/mol. The van der Waals surface area contributed by atoms with Crippen LogP contribution in [0, 0.1) is 0 Å². The van der Waals surface area contributed by atoms with Gasteiger partial charge in [0, 0.05) is 18.5 Å². The van der Waals surface area contributed by atoms with Crippen molar-refractivity contribution in [2.24, 2.45) is 0 Å². The standard InChI is InChI=1S/C11H12ClN3O2S/c12-10-6-1-2-18-11(6)14-9(13-10)5-15-3-7(16)8(17)4-15/h1-2,7-8,16-17H,3-5H2. The highest BCUT2D eigenvalue weighted by Crippen LogP contribution is 2.25. The van der Waals surface area contributed by atoms with Gasteiger partial charge in [-0.1, -0.05) is 11.6 Å². The van der Waals surface area contributed by atoms with Crippen molar-refractivity contribution in [3.8, 4) is 0 Å². The van der Waals surface area contributed by atoms with E-state index in [9.17, 15) is 10.2 Å². The van der Waals surface area contributed by atoms with Crippen molar-refractivity contribution in [1.82, 2.24) is 14.9 Å². The summed E-state index contributed by atoms with van der Waals surface area (Å²) in [6.07, 6.45) is -1.38. The topological polar surface area (TPSA) is 69.5 Å². The van der Waals surface area contributed by atoms with Crippen molar-refractivity contribution in [3.63, 3.8) is 0 Å². The van der Waals surface area contributed by atoms with Crippen LogP contribution in [0.2, 0.25) is 5.15 Å². The molecule has 5 nitrogen and oxygen atoms in total. The van der Waals surface area contributed by atoms with E-state index in [4.69, 9.17) is 11.6 Å². The van der Waals surface area contributed by atoms with Crippen molar-refractivity contribution in [2.75, 3.05) is 13.1 Å². The smallest absolute Gasteiger partial charge is 0.145 e. The van der Waals surface area contributed by atoms with Crippen molar-refractivity contribution in [1.29, 1.82) is 0 Å². The van der Waals surface area contributed by atoms with Gasteiger partial charge < -0.3 is 10.2 Å². The molecule has 2 unspecified atom stereocenters.